The number of carboxylic acids is 1. The van der Waals surface area contributed by atoms with Crippen molar-refractivity contribution in [3.8, 4) is 0 Å². The molecule has 0 saturated heterocycles. The number of hydrogen-bond donors (Lipinski definition) is 3. The molecule has 0 bridgehead atoms. The number of carbonyl (C=O) groups excluding carboxylic acids is 1. The lowest BCUT2D eigenvalue weighted by molar-refractivity contribution is -0.124. The van der Waals surface area contributed by atoms with E-state index >= 15 is 0 Å². The van der Waals surface area contributed by atoms with Gasteiger partial charge in [0.05, 0.1) is 11.7 Å². The van der Waals surface area contributed by atoms with Crippen molar-refractivity contribution in [2.24, 2.45) is 0 Å². The van der Waals surface area contributed by atoms with Crippen LogP contribution in [0.5, 0.6) is 0 Å². The number of carboxylic acid groups (broad SMARTS) is 1. The van der Waals surface area contributed by atoms with E-state index in [1.165, 1.54) is 6.20 Å². The molecule has 0 unspecified atom stereocenters. The summed E-state index contributed by atoms with van der Waals surface area (Å²) < 4.78 is 0. The summed E-state index contributed by atoms with van der Waals surface area (Å²) in [5, 5.41) is 11.9. The molecular weight excluding hydrogens is 266 g/mol. The van der Waals surface area contributed by atoms with Crippen LogP contribution in [0.25, 0.3) is 0 Å². The molecule has 6 nitrogen and oxygen atoms in total. The van der Waals surface area contributed by atoms with Crippen molar-refractivity contribution in [2.75, 3.05) is 12.0 Å². The van der Waals surface area contributed by atoms with Gasteiger partial charge in [-0.25, -0.2) is 9.78 Å². The van der Waals surface area contributed by atoms with E-state index < -0.39 is 11.5 Å². The van der Waals surface area contributed by atoms with E-state index in [0.29, 0.717) is 12.2 Å². The third-order valence-electron chi connectivity index (χ3n) is 3.38. The van der Waals surface area contributed by atoms with Gasteiger partial charge in [-0.3, -0.25) is 4.79 Å². The Hall–Kier alpha value is -1.50. The molecule has 1 heterocycles. The van der Waals surface area contributed by atoms with Gasteiger partial charge in [0.2, 0.25) is 5.91 Å². The van der Waals surface area contributed by atoms with Gasteiger partial charge in [0.25, 0.3) is 0 Å². The van der Waals surface area contributed by atoms with Crippen LogP contribution >= 0.6 is 11.8 Å². The number of carbonyl (C=O) groups is 2. The highest BCUT2D eigenvalue weighted by molar-refractivity contribution is 7.98. The zero-order valence-electron chi connectivity index (χ0n) is 10.7. The third kappa shape index (κ3) is 2.91. The minimum absolute atomic E-state index is 0.0117. The van der Waals surface area contributed by atoms with Gasteiger partial charge in [0.1, 0.15) is 11.5 Å². The highest BCUT2D eigenvalue weighted by Gasteiger charge is 2.42. The van der Waals surface area contributed by atoms with Gasteiger partial charge in [-0.15, -0.1) is 0 Å². The second-order valence-corrected chi connectivity index (χ2v) is 5.66. The van der Waals surface area contributed by atoms with Crippen molar-refractivity contribution < 1.29 is 14.7 Å². The van der Waals surface area contributed by atoms with Gasteiger partial charge in [0, 0.05) is 12.2 Å². The van der Waals surface area contributed by atoms with Gasteiger partial charge < -0.3 is 15.4 Å². The zero-order chi connectivity index (χ0) is 13.9. The molecule has 1 aliphatic rings. The van der Waals surface area contributed by atoms with Crippen molar-refractivity contribution in [2.45, 2.75) is 31.2 Å². The molecular formula is C12H17N3O3S. The molecule has 2 rings (SSSR count). The zero-order valence-corrected chi connectivity index (χ0v) is 11.5. The molecule has 0 atom stereocenters. The molecule has 0 aromatic carbocycles. The number of aromatic carboxylic acids is 1. The standard InChI is InChI=1S/C12H17N3O3S/c1-19-6-3-9(16)15-12(4-2-5-12)11-13-7-8(14-11)10(17)18/h7H,2-6H2,1H3,(H,13,14)(H,15,16)(H,17,18). The fourth-order valence-electron chi connectivity index (χ4n) is 2.15. The molecule has 0 aliphatic heterocycles. The van der Waals surface area contributed by atoms with Crippen molar-refractivity contribution in [1.29, 1.82) is 0 Å². The molecule has 0 spiro atoms. The van der Waals surface area contributed by atoms with Crippen LogP contribution in [0.4, 0.5) is 0 Å². The second-order valence-electron chi connectivity index (χ2n) is 4.68. The van der Waals surface area contributed by atoms with Crippen LogP contribution in [0.3, 0.4) is 0 Å². The Morgan fingerprint density at radius 2 is 2.32 bits per heavy atom. The Bertz CT molecular complexity index is 482. The van der Waals surface area contributed by atoms with Crippen molar-refractivity contribution in [1.82, 2.24) is 15.3 Å². The summed E-state index contributed by atoms with van der Waals surface area (Å²) in [7, 11) is 0. The van der Waals surface area contributed by atoms with Crippen LogP contribution in [0.15, 0.2) is 6.20 Å². The fourth-order valence-corrected chi connectivity index (χ4v) is 2.54. The Balaban J connectivity index is 2.08. The highest BCUT2D eigenvalue weighted by Crippen LogP contribution is 2.39. The fraction of sp³-hybridized carbons (Fsp3) is 0.583. The monoisotopic (exact) mass is 283 g/mol. The summed E-state index contributed by atoms with van der Waals surface area (Å²) in [6.07, 6.45) is 6.32. The molecule has 7 heteroatoms. The number of nitrogens with one attached hydrogen (secondary N) is 2. The maximum absolute atomic E-state index is 11.8. The van der Waals surface area contributed by atoms with Crippen LogP contribution in [0, 0.1) is 0 Å². The first-order chi connectivity index (χ1) is 9.07. The van der Waals surface area contributed by atoms with E-state index in [1.54, 1.807) is 11.8 Å². The average molecular weight is 283 g/mol. The largest absolute Gasteiger partial charge is 0.477 e. The lowest BCUT2D eigenvalue weighted by Gasteiger charge is -2.40. The van der Waals surface area contributed by atoms with E-state index in [1.807, 2.05) is 6.26 Å². The van der Waals surface area contributed by atoms with E-state index in [0.717, 1.165) is 25.0 Å². The van der Waals surface area contributed by atoms with E-state index in [4.69, 9.17) is 5.11 Å². The molecule has 1 aromatic rings. The quantitative estimate of drug-likeness (QED) is 0.732. The molecule has 3 N–H and O–H groups in total. The number of amides is 1. The molecule has 0 radical (unpaired) electrons. The molecule has 19 heavy (non-hydrogen) atoms. The summed E-state index contributed by atoms with van der Waals surface area (Å²) in [4.78, 5) is 29.6. The molecule has 1 fully saturated rings. The summed E-state index contributed by atoms with van der Waals surface area (Å²) in [6.45, 7) is 0. The predicted molar refractivity (Wildman–Crippen MR) is 72.2 cm³/mol. The summed E-state index contributed by atoms with van der Waals surface area (Å²) in [6, 6.07) is 0. The van der Waals surface area contributed by atoms with Crippen molar-refractivity contribution >= 4 is 23.6 Å². The number of aromatic nitrogens is 2. The number of rotatable bonds is 6. The second kappa shape index (κ2) is 5.64. The first-order valence-corrected chi connectivity index (χ1v) is 7.55. The smallest absolute Gasteiger partial charge is 0.353 e. The SMILES string of the molecule is CSCCC(=O)NC1(c2ncc(C(=O)O)[nH]2)CCC1. The average Bonchev–Trinajstić information content (AvgIpc) is 2.81. The van der Waals surface area contributed by atoms with Crippen LogP contribution in [0.2, 0.25) is 0 Å². The van der Waals surface area contributed by atoms with Crippen LogP contribution in [0.1, 0.15) is 42.0 Å². The summed E-state index contributed by atoms with van der Waals surface area (Å²) in [5.74, 6) is 0.276. The number of thioether (sulfide) groups is 1. The lowest BCUT2D eigenvalue weighted by atomic mass is 9.76. The highest BCUT2D eigenvalue weighted by atomic mass is 32.2. The Kier molecular flexibility index (Phi) is 4.14. The Morgan fingerprint density at radius 1 is 1.58 bits per heavy atom. The number of imidazole rings is 1. The van der Waals surface area contributed by atoms with E-state index in [-0.39, 0.29) is 11.6 Å². The van der Waals surface area contributed by atoms with Crippen LogP contribution < -0.4 is 5.32 Å². The number of H-pyrrole nitrogens is 1. The van der Waals surface area contributed by atoms with Crippen molar-refractivity contribution in [3.63, 3.8) is 0 Å². The number of nitrogens with zero attached hydrogens (tertiary/aromatic N) is 1. The minimum atomic E-state index is -1.04. The molecule has 1 aliphatic carbocycles. The van der Waals surface area contributed by atoms with Gasteiger partial charge >= 0.3 is 5.97 Å². The molecule has 1 aromatic heterocycles. The van der Waals surface area contributed by atoms with Crippen molar-refractivity contribution in [3.05, 3.63) is 17.7 Å². The van der Waals surface area contributed by atoms with Gasteiger partial charge in [-0.05, 0) is 25.5 Å². The maximum Gasteiger partial charge on any atom is 0.353 e. The van der Waals surface area contributed by atoms with Crippen LogP contribution in [-0.4, -0.2) is 39.0 Å². The molecule has 104 valence electrons. The maximum atomic E-state index is 11.8. The summed E-state index contributed by atoms with van der Waals surface area (Å²) >= 11 is 1.62. The minimum Gasteiger partial charge on any atom is -0.477 e. The number of hydrogen-bond acceptors (Lipinski definition) is 4. The summed E-state index contributed by atoms with van der Waals surface area (Å²) in [5.41, 5.74) is -0.442. The third-order valence-corrected chi connectivity index (χ3v) is 3.99. The van der Waals surface area contributed by atoms with Gasteiger partial charge in [0.15, 0.2) is 0 Å². The normalized spacial score (nSPS) is 16.7. The lowest BCUT2D eigenvalue weighted by Crippen LogP contribution is -2.51. The first kappa shape index (κ1) is 13.9. The van der Waals surface area contributed by atoms with E-state index in [9.17, 15) is 9.59 Å². The van der Waals surface area contributed by atoms with Crippen LogP contribution in [-0.2, 0) is 10.3 Å². The Labute approximate surface area is 115 Å². The molecule has 1 saturated carbocycles. The molecule has 1 amide bonds. The topological polar surface area (TPSA) is 95.1 Å². The Morgan fingerprint density at radius 3 is 2.79 bits per heavy atom. The van der Waals surface area contributed by atoms with Gasteiger partial charge in [-0.2, -0.15) is 11.8 Å². The predicted octanol–water partition coefficient (Wildman–Crippen LogP) is 1.36. The van der Waals surface area contributed by atoms with E-state index in [2.05, 4.69) is 15.3 Å². The van der Waals surface area contributed by atoms with Gasteiger partial charge in [-0.1, -0.05) is 0 Å². The number of aromatic amines is 1. The first-order valence-electron chi connectivity index (χ1n) is 6.16.